The average molecular weight is 278 g/mol. The lowest BCUT2D eigenvalue weighted by molar-refractivity contribution is 1.19. The molecular weight excluding hydrogens is 260 g/mol. The van der Waals surface area contributed by atoms with Crippen molar-refractivity contribution < 1.29 is 0 Å². The molecule has 18 heavy (non-hydrogen) atoms. The van der Waals surface area contributed by atoms with Crippen LogP contribution in [0.2, 0.25) is 0 Å². The Labute approximate surface area is 117 Å². The summed E-state index contributed by atoms with van der Waals surface area (Å²) < 4.78 is 0. The van der Waals surface area contributed by atoms with E-state index in [2.05, 4.69) is 49.3 Å². The van der Waals surface area contributed by atoms with Gasteiger partial charge in [0, 0.05) is 28.3 Å². The molecule has 0 radical (unpaired) electrons. The van der Waals surface area contributed by atoms with Crippen molar-refractivity contribution in [1.29, 1.82) is 0 Å². The van der Waals surface area contributed by atoms with Gasteiger partial charge in [0.25, 0.3) is 0 Å². The highest BCUT2D eigenvalue weighted by atomic mass is 32.2. The van der Waals surface area contributed by atoms with E-state index in [0.29, 0.717) is 0 Å². The van der Waals surface area contributed by atoms with Crippen LogP contribution in [0.3, 0.4) is 0 Å². The maximum Gasteiger partial charge on any atom is 0.182 e. The summed E-state index contributed by atoms with van der Waals surface area (Å²) >= 11 is 3.63. The second kappa shape index (κ2) is 6.25. The Balaban J connectivity index is 1.99. The highest BCUT2D eigenvalue weighted by Crippen LogP contribution is 2.29. The summed E-state index contributed by atoms with van der Waals surface area (Å²) in [7, 11) is 0. The molecule has 1 aromatic carbocycles. The Morgan fingerprint density at radius 2 is 2.17 bits per heavy atom. The van der Waals surface area contributed by atoms with Crippen LogP contribution in [0.15, 0.2) is 29.3 Å². The average Bonchev–Trinajstić information content (AvgIpc) is 2.79. The van der Waals surface area contributed by atoms with E-state index in [1.165, 1.54) is 20.9 Å². The van der Waals surface area contributed by atoms with Gasteiger partial charge in [-0.05, 0) is 32.4 Å². The molecule has 0 atom stereocenters. The molecule has 0 unspecified atom stereocenters. The van der Waals surface area contributed by atoms with E-state index in [4.69, 9.17) is 0 Å². The summed E-state index contributed by atoms with van der Waals surface area (Å²) in [5, 5.41) is 4.27. The molecule has 96 valence electrons. The number of thiazole rings is 1. The van der Waals surface area contributed by atoms with Crippen LogP contribution in [0.4, 0.5) is 5.13 Å². The Bertz CT molecular complexity index is 520. The van der Waals surface area contributed by atoms with E-state index in [9.17, 15) is 0 Å². The van der Waals surface area contributed by atoms with Gasteiger partial charge in [-0.2, -0.15) is 0 Å². The van der Waals surface area contributed by atoms with Crippen LogP contribution < -0.4 is 5.32 Å². The van der Waals surface area contributed by atoms with Crippen LogP contribution in [0.1, 0.15) is 22.9 Å². The molecule has 0 fully saturated rings. The maximum atomic E-state index is 4.35. The largest absolute Gasteiger partial charge is 0.362 e. The fraction of sp³-hybridized carbons (Fsp3) is 0.357. The summed E-state index contributed by atoms with van der Waals surface area (Å²) in [4.78, 5) is 7.04. The zero-order valence-corrected chi connectivity index (χ0v) is 12.6. The van der Waals surface area contributed by atoms with Crippen molar-refractivity contribution in [1.82, 2.24) is 4.98 Å². The van der Waals surface area contributed by atoms with Gasteiger partial charge in [-0.3, -0.25) is 0 Å². The van der Waals surface area contributed by atoms with E-state index in [0.717, 1.165) is 17.4 Å². The quantitative estimate of drug-likeness (QED) is 0.816. The van der Waals surface area contributed by atoms with Gasteiger partial charge in [0.1, 0.15) is 0 Å². The Kier molecular flexibility index (Phi) is 4.66. The Hall–Kier alpha value is -1.00. The van der Waals surface area contributed by atoms with Gasteiger partial charge in [-0.1, -0.05) is 17.7 Å². The zero-order valence-electron chi connectivity index (χ0n) is 11.0. The molecule has 0 saturated carbocycles. The van der Waals surface area contributed by atoms with Crippen LogP contribution in [0.5, 0.6) is 0 Å². The van der Waals surface area contributed by atoms with Crippen molar-refractivity contribution in [2.24, 2.45) is 0 Å². The van der Waals surface area contributed by atoms with Gasteiger partial charge >= 0.3 is 0 Å². The Morgan fingerprint density at radius 3 is 2.94 bits per heavy atom. The number of hydrogen-bond donors (Lipinski definition) is 1. The van der Waals surface area contributed by atoms with Gasteiger partial charge in [0.05, 0.1) is 0 Å². The molecule has 2 aromatic rings. The highest BCUT2D eigenvalue weighted by Gasteiger charge is 2.04. The first-order valence-corrected chi connectivity index (χ1v) is 7.88. The molecule has 0 amide bonds. The predicted octanol–water partition coefficient (Wildman–Crippen LogP) is 4.48. The minimum absolute atomic E-state index is 0.928. The highest BCUT2D eigenvalue weighted by molar-refractivity contribution is 7.98. The number of hydrogen-bond acceptors (Lipinski definition) is 4. The monoisotopic (exact) mass is 278 g/mol. The van der Waals surface area contributed by atoms with Crippen LogP contribution >= 0.6 is 23.1 Å². The lowest BCUT2D eigenvalue weighted by atomic mass is 10.2. The molecule has 0 aliphatic heterocycles. The van der Waals surface area contributed by atoms with E-state index < -0.39 is 0 Å². The lowest BCUT2D eigenvalue weighted by Gasteiger charge is -2.05. The third kappa shape index (κ3) is 3.50. The summed E-state index contributed by atoms with van der Waals surface area (Å²) in [5.74, 6) is 0.993. The minimum Gasteiger partial charge on any atom is -0.362 e. The molecule has 1 heterocycles. The first-order chi connectivity index (χ1) is 8.69. The minimum atomic E-state index is 0.928. The maximum absolute atomic E-state index is 4.35. The number of thioether (sulfide) groups is 1. The van der Waals surface area contributed by atoms with E-state index >= 15 is 0 Å². The van der Waals surface area contributed by atoms with Gasteiger partial charge in [0.2, 0.25) is 0 Å². The molecule has 0 aliphatic carbocycles. The van der Waals surface area contributed by atoms with Gasteiger partial charge in [-0.15, -0.1) is 23.1 Å². The van der Waals surface area contributed by atoms with Gasteiger partial charge < -0.3 is 5.32 Å². The number of aryl methyl sites for hydroxylation is 2. The van der Waals surface area contributed by atoms with E-state index in [1.807, 2.05) is 18.0 Å². The second-order valence-electron chi connectivity index (χ2n) is 4.22. The molecule has 2 rings (SSSR count). The number of nitrogens with zero attached hydrogens (tertiary/aromatic N) is 1. The van der Waals surface area contributed by atoms with Crippen LogP contribution in [0.25, 0.3) is 0 Å². The Morgan fingerprint density at radius 1 is 1.33 bits per heavy atom. The van der Waals surface area contributed by atoms with Crippen molar-refractivity contribution in [3.63, 3.8) is 0 Å². The number of benzene rings is 1. The predicted molar refractivity (Wildman–Crippen MR) is 81.8 cm³/mol. The number of nitrogens with one attached hydrogen (secondary N) is 1. The lowest BCUT2D eigenvalue weighted by Crippen LogP contribution is -1.94. The molecule has 1 aromatic heterocycles. The SMILES string of the molecule is CCNc1ncc(CSc2cc(C)ccc2C)s1. The molecule has 0 spiro atoms. The number of aromatic nitrogens is 1. The number of rotatable bonds is 5. The number of anilines is 1. The van der Waals surface area contributed by atoms with Crippen molar-refractivity contribution in [2.45, 2.75) is 31.4 Å². The summed E-state index contributed by atoms with van der Waals surface area (Å²) in [5.41, 5.74) is 2.67. The fourth-order valence-electron chi connectivity index (χ4n) is 1.62. The van der Waals surface area contributed by atoms with Gasteiger partial charge in [-0.25, -0.2) is 4.98 Å². The van der Waals surface area contributed by atoms with Crippen molar-refractivity contribution in [3.8, 4) is 0 Å². The molecule has 4 heteroatoms. The standard InChI is InChI=1S/C14H18N2S2/c1-4-15-14-16-8-12(18-14)9-17-13-7-10(2)5-6-11(13)3/h5-8H,4,9H2,1-3H3,(H,15,16). The second-order valence-corrected chi connectivity index (χ2v) is 6.35. The van der Waals surface area contributed by atoms with Crippen LogP contribution in [-0.2, 0) is 5.75 Å². The summed E-state index contributed by atoms with van der Waals surface area (Å²) in [6.45, 7) is 7.32. The van der Waals surface area contributed by atoms with E-state index in [-0.39, 0.29) is 0 Å². The third-order valence-corrected chi connectivity index (χ3v) is 4.94. The summed E-state index contributed by atoms with van der Waals surface area (Å²) in [6, 6.07) is 6.61. The first kappa shape index (κ1) is 13.4. The third-order valence-electron chi connectivity index (χ3n) is 2.60. The normalized spacial score (nSPS) is 10.6. The van der Waals surface area contributed by atoms with Crippen LogP contribution in [-0.4, -0.2) is 11.5 Å². The van der Waals surface area contributed by atoms with Gasteiger partial charge in [0.15, 0.2) is 5.13 Å². The topological polar surface area (TPSA) is 24.9 Å². The van der Waals surface area contributed by atoms with Crippen molar-refractivity contribution in [2.75, 3.05) is 11.9 Å². The zero-order chi connectivity index (χ0) is 13.0. The molecule has 0 aliphatic rings. The smallest absolute Gasteiger partial charge is 0.182 e. The van der Waals surface area contributed by atoms with Crippen molar-refractivity contribution in [3.05, 3.63) is 40.4 Å². The molecular formula is C14H18N2S2. The van der Waals surface area contributed by atoms with Crippen molar-refractivity contribution >= 4 is 28.2 Å². The molecule has 1 N–H and O–H groups in total. The molecule has 0 bridgehead atoms. The first-order valence-electron chi connectivity index (χ1n) is 6.07. The van der Waals surface area contributed by atoms with E-state index in [1.54, 1.807) is 11.3 Å². The van der Waals surface area contributed by atoms with Crippen LogP contribution in [0, 0.1) is 13.8 Å². The summed E-state index contributed by atoms with van der Waals surface area (Å²) in [6.07, 6.45) is 1.97. The molecule has 2 nitrogen and oxygen atoms in total. The fourth-order valence-corrected chi connectivity index (χ4v) is 3.64. The molecule has 0 saturated heterocycles.